The predicted octanol–water partition coefficient (Wildman–Crippen LogP) is 1.70. The molecule has 116 valence electrons. The number of esters is 1. The van der Waals surface area contributed by atoms with Gasteiger partial charge in [-0.25, -0.2) is 4.79 Å². The Labute approximate surface area is 135 Å². The molecule has 2 N–H and O–H groups in total. The monoisotopic (exact) mass is 376 g/mol. The molecule has 0 spiro atoms. The molecule has 2 amide bonds. The normalized spacial score (nSPS) is 13.1. The molecule has 0 aliphatic heterocycles. The second-order valence-electron chi connectivity index (χ2n) is 4.28. The van der Waals surface area contributed by atoms with Gasteiger partial charge in [-0.15, -0.1) is 11.3 Å². The van der Waals surface area contributed by atoms with Crippen LogP contribution in [0.4, 0.5) is 0 Å². The van der Waals surface area contributed by atoms with Crippen molar-refractivity contribution in [1.29, 1.82) is 0 Å². The molecule has 0 bridgehead atoms. The average molecular weight is 377 g/mol. The van der Waals surface area contributed by atoms with Gasteiger partial charge in [-0.1, -0.05) is 0 Å². The minimum atomic E-state index is -0.757. The molecule has 21 heavy (non-hydrogen) atoms. The predicted molar refractivity (Wildman–Crippen MR) is 83.2 cm³/mol. The van der Waals surface area contributed by atoms with Gasteiger partial charge in [0.25, 0.3) is 5.91 Å². The number of halogens is 1. The number of rotatable bonds is 6. The smallest absolute Gasteiger partial charge is 0.328 e. The second-order valence-corrected chi connectivity index (χ2v) is 6.74. The van der Waals surface area contributed by atoms with E-state index in [0.717, 1.165) is 3.79 Å². The summed E-state index contributed by atoms with van der Waals surface area (Å²) in [6.07, 6.45) is 0. The summed E-state index contributed by atoms with van der Waals surface area (Å²) in [5, 5.41) is 5.06. The van der Waals surface area contributed by atoms with Crippen LogP contribution in [0.5, 0.6) is 0 Å². The van der Waals surface area contributed by atoms with Gasteiger partial charge >= 0.3 is 5.97 Å². The van der Waals surface area contributed by atoms with Crippen LogP contribution >= 0.6 is 27.3 Å². The third-order valence-corrected chi connectivity index (χ3v) is 4.16. The highest BCUT2D eigenvalue weighted by atomic mass is 79.9. The van der Waals surface area contributed by atoms with Crippen LogP contribution in [0.1, 0.15) is 30.4 Å². The Bertz CT molecular complexity index is 532. The standard InChI is InChI=1S/C13H17BrN2O4S/c1-4-20-13(19)8(3)16-11(17)7(2)15-12(18)9-5-6-10(14)21-9/h5-8H,4H2,1-3H3,(H,15,18)(H,16,17). The first-order valence-electron chi connectivity index (χ1n) is 6.38. The zero-order valence-electron chi connectivity index (χ0n) is 11.9. The Morgan fingerprint density at radius 2 is 1.90 bits per heavy atom. The maximum absolute atomic E-state index is 11.9. The lowest BCUT2D eigenvalue weighted by atomic mass is 10.2. The van der Waals surface area contributed by atoms with Crippen molar-refractivity contribution < 1.29 is 19.1 Å². The van der Waals surface area contributed by atoms with E-state index in [1.807, 2.05) is 0 Å². The first-order chi connectivity index (χ1) is 9.85. The van der Waals surface area contributed by atoms with Gasteiger partial charge in [0.05, 0.1) is 15.3 Å². The first-order valence-corrected chi connectivity index (χ1v) is 7.99. The van der Waals surface area contributed by atoms with Crippen LogP contribution in [-0.2, 0) is 14.3 Å². The highest BCUT2D eigenvalue weighted by Gasteiger charge is 2.22. The maximum atomic E-state index is 11.9. The zero-order chi connectivity index (χ0) is 16.0. The molecule has 1 aromatic heterocycles. The lowest BCUT2D eigenvalue weighted by molar-refractivity contribution is -0.147. The molecule has 0 saturated carbocycles. The second kappa shape index (κ2) is 8.14. The Morgan fingerprint density at radius 3 is 2.43 bits per heavy atom. The molecule has 2 atom stereocenters. The number of carbonyl (C=O) groups is 3. The van der Waals surface area contributed by atoms with Gasteiger partial charge in [0.15, 0.2) is 0 Å². The van der Waals surface area contributed by atoms with Gasteiger partial charge in [0.2, 0.25) is 5.91 Å². The third kappa shape index (κ3) is 5.47. The van der Waals surface area contributed by atoms with Crippen molar-refractivity contribution in [2.45, 2.75) is 32.9 Å². The number of nitrogens with one attached hydrogen (secondary N) is 2. The number of hydrogen-bond acceptors (Lipinski definition) is 5. The van der Waals surface area contributed by atoms with Crippen molar-refractivity contribution >= 4 is 45.1 Å². The summed E-state index contributed by atoms with van der Waals surface area (Å²) in [4.78, 5) is 35.7. The lowest BCUT2D eigenvalue weighted by Gasteiger charge is -2.17. The van der Waals surface area contributed by atoms with Crippen LogP contribution in [0.3, 0.4) is 0 Å². The Kier molecular flexibility index (Phi) is 6.83. The van der Waals surface area contributed by atoms with Crippen molar-refractivity contribution in [1.82, 2.24) is 10.6 Å². The summed E-state index contributed by atoms with van der Waals surface area (Å²) in [6.45, 7) is 5.02. The van der Waals surface area contributed by atoms with Crippen molar-refractivity contribution in [2.24, 2.45) is 0 Å². The molecule has 6 nitrogen and oxygen atoms in total. The van der Waals surface area contributed by atoms with E-state index in [4.69, 9.17) is 4.74 Å². The van der Waals surface area contributed by atoms with E-state index in [2.05, 4.69) is 26.6 Å². The molecule has 2 unspecified atom stereocenters. The Hall–Kier alpha value is -1.41. The molecular formula is C13H17BrN2O4S. The van der Waals surface area contributed by atoms with Gasteiger partial charge in [-0.2, -0.15) is 0 Å². The van der Waals surface area contributed by atoms with Gasteiger partial charge in [-0.05, 0) is 48.8 Å². The summed E-state index contributed by atoms with van der Waals surface area (Å²) < 4.78 is 5.63. The van der Waals surface area contributed by atoms with E-state index in [0.29, 0.717) is 4.88 Å². The van der Waals surface area contributed by atoms with Crippen molar-refractivity contribution in [3.05, 3.63) is 20.8 Å². The lowest BCUT2D eigenvalue weighted by Crippen LogP contribution is -2.49. The van der Waals surface area contributed by atoms with Gasteiger partial charge in [0.1, 0.15) is 12.1 Å². The van der Waals surface area contributed by atoms with Crippen LogP contribution in [0.2, 0.25) is 0 Å². The van der Waals surface area contributed by atoms with Crippen LogP contribution in [-0.4, -0.2) is 36.5 Å². The first kappa shape index (κ1) is 17.6. The van der Waals surface area contributed by atoms with Gasteiger partial charge < -0.3 is 15.4 Å². The highest BCUT2D eigenvalue weighted by molar-refractivity contribution is 9.11. The van der Waals surface area contributed by atoms with E-state index in [1.54, 1.807) is 26.0 Å². The fourth-order valence-electron chi connectivity index (χ4n) is 1.43. The van der Waals surface area contributed by atoms with Crippen LogP contribution in [0.15, 0.2) is 15.9 Å². The molecule has 1 rings (SSSR count). The number of hydrogen-bond donors (Lipinski definition) is 2. The number of amides is 2. The molecule has 0 aliphatic rings. The summed E-state index contributed by atoms with van der Waals surface area (Å²) in [5.41, 5.74) is 0. The largest absolute Gasteiger partial charge is 0.464 e. The number of carbonyl (C=O) groups excluding carboxylic acids is 3. The van der Waals surface area contributed by atoms with Crippen LogP contribution < -0.4 is 10.6 Å². The summed E-state index contributed by atoms with van der Waals surface area (Å²) in [6, 6.07) is 1.91. The van der Waals surface area contributed by atoms with E-state index in [9.17, 15) is 14.4 Å². The minimum absolute atomic E-state index is 0.249. The SMILES string of the molecule is CCOC(=O)C(C)NC(=O)C(C)NC(=O)c1ccc(Br)s1. The molecule has 1 aromatic rings. The van der Waals surface area contributed by atoms with Gasteiger partial charge in [-0.3, -0.25) is 9.59 Å². The highest BCUT2D eigenvalue weighted by Crippen LogP contribution is 2.21. The summed E-state index contributed by atoms with van der Waals surface area (Å²) >= 11 is 4.54. The molecule has 0 saturated heterocycles. The van der Waals surface area contributed by atoms with E-state index < -0.39 is 24.0 Å². The fourth-order valence-corrected chi connectivity index (χ4v) is 2.72. The van der Waals surface area contributed by atoms with E-state index in [-0.39, 0.29) is 12.5 Å². The van der Waals surface area contributed by atoms with Crippen LogP contribution in [0, 0.1) is 0 Å². The fraction of sp³-hybridized carbons (Fsp3) is 0.462. The van der Waals surface area contributed by atoms with Crippen molar-refractivity contribution in [3.63, 3.8) is 0 Å². The average Bonchev–Trinajstić information content (AvgIpc) is 2.85. The Morgan fingerprint density at radius 1 is 1.24 bits per heavy atom. The van der Waals surface area contributed by atoms with Gasteiger partial charge in [0, 0.05) is 0 Å². The van der Waals surface area contributed by atoms with Crippen LogP contribution in [0.25, 0.3) is 0 Å². The zero-order valence-corrected chi connectivity index (χ0v) is 14.3. The molecule has 8 heteroatoms. The molecular weight excluding hydrogens is 360 g/mol. The summed E-state index contributed by atoms with van der Waals surface area (Å²) in [5.74, 6) is -1.29. The molecule has 0 fully saturated rings. The molecule has 1 heterocycles. The van der Waals surface area contributed by atoms with E-state index >= 15 is 0 Å². The third-order valence-electron chi connectivity index (χ3n) is 2.54. The van der Waals surface area contributed by atoms with Crippen molar-refractivity contribution in [2.75, 3.05) is 6.61 Å². The maximum Gasteiger partial charge on any atom is 0.328 e. The minimum Gasteiger partial charge on any atom is -0.464 e. The Balaban J connectivity index is 2.51. The van der Waals surface area contributed by atoms with E-state index in [1.165, 1.54) is 18.3 Å². The topological polar surface area (TPSA) is 84.5 Å². The molecule has 0 aliphatic carbocycles. The quantitative estimate of drug-likeness (QED) is 0.739. The number of ether oxygens (including phenoxy) is 1. The van der Waals surface area contributed by atoms with Crippen molar-refractivity contribution in [3.8, 4) is 0 Å². The molecule has 0 aromatic carbocycles. The summed E-state index contributed by atoms with van der Waals surface area (Å²) in [7, 11) is 0. The molecule has 0 radical (unpaired) electrons. The number of thiophene rings is 1.